The fraction of sp³-hybridized carbons (Fsp3) is 0.429. The Morgan fingerprint density at radius 1 is 1.16 bits per heavy atom. The molecule has 3 heterocycles. The molecule has 0 aliphatic carbocycles. The monoisotopic (exact) mass is 429 g/mol. The van der Waals surface area contributed by atoms with E-state index in [1.165, 1.54) is 23.0 Å². The molecule has 1 aromatic carbocycles. The van der Waals surface area contributed by atoms with Crippen LogP contribution in [0.3, 0.4) is 0 Å². The van der Waals surface area contributed by atoms with E-state index in [2.05, 4.69) is 9.97 Å². The number of halogens is 1. The van der Waals surface area contributed by atoms with Crippen LogP contribution in [-0.4, -0.2) is 77.6 Å². The quantitative estimate of drug-likeness (QED) is 0.697. The number of aromatic nitrogens is 2. The summed E-state index contributed by atoms with van der Waals surface area (Å²) in [7, 11) is 1.49. The molecular formula is C21H24FN5O4. The van der Waals surface area contributed by atoms with E-state index in [4.69, 9.17) is 9.47 Å². The Kier molecular flexibility index (Phi) is 6.15. The van der Waals surface area contributed by atoms with Gasteiger partial charge in [0.1, 0.15) is 18.5 Å². The summed E-state index contributed by atoms with van der Waals surface area (Å²) >= 11 is 0. The number of para-hydroxylation sites is 1. The molecule has 0 N–H and O–H groups in total. The normalized spacial score (nSPS) is 17.2. The molecule has 2 fully saturated rings. The highest BCUT2D eigenvalue weighted by molar-refractivity contribution is 5.96. The van der Waals surface area contributed by atoms with E-state index >= 15 is 0 Å². The lowest BCUT2D eigenvalue weighted by molar-refractivity contribution is -0.133. The van der Waals surface area contributed by atoms with Crippen molar-refractivity contribution in [3.8, 4) is 11.9 Å². The van der Waals surface area contributed by atoms with Crippen molar-refractivity contribution >= 4 is 17.6 Å². The molecule has 4 rings (SSSR count). The van der Waals surface area contributed by atoms with Gasteiger partial charge < -0.3 is 19.3 Å². The molecule has 2 saturated heterocycles. The molecule has 164 valence electrons. The van der Waals surface area contributed by atoms with Crippen LogP contribution in [0.25, 0.3) is 0 Å². The zero-order chi connectivity index (χ0) is 21.8. The average Bonchev–Trinajstić information content (AvgIpc) is 3.14. The molecule has 2 aliphatic heterocycles. The number of nitrogens with zero attached hydrogens (tertiary/aromatic N) is 5. The number of carbonyl (C=O) groups is 2. The minimum absolute atomic E-state index is 0.0155. The molecule has 0 saturated carbocycles. The lowest BCUT2D eigenvalue weighted by Gasteiger charge is -2.32. The van der Waals surface area contributed by atoms with Crippen LogP contribution in [0, 0.1) is 5.82 Å². The standard InChI is InChI=1S/C21H24FN5O4/c1-30-20-23-9-6-18(24-20)31-15-7-10-25(11-8-15)19(28)14-26-12-13-27(21(26)29)17-5-3-2-4-16(17)22/h2-6,9,15H,7-8,10-14H2,1H3. The first-order valence-electron chi connectivity index (χ1n) is 10.2. The van der Waals surface area contributed by atoms with Gasteiger partial charge in [0.25, 0.3) is 0 Å². The molecular weight excluding hydrogens is 405 g/mol. The molecule has 10 heteroatoms. The molecule has 2 aliphatic rings. The van der Waals surface area contributed by atoms with Gasteiger partial charge in [-0.2, -0.15) is 4.98 Å². The predicted molar refractivity (Wildman–Crippen MR) is 110 cm³/mol. The van der Waals surface area contributed by atoms with Gasteiger partial charge in [-0.05, 0) is 12.1 Å². The minimum Gasteiger partial charge on any atom is -0.474 e. The molecule has 0 bridgehead atoms. The van der Waals surface area contributed by atoms with Crippen molar-refractivity contribution in [2.45, 2.75) is 18.9 Å². The first kappa shape index (κ1) is 20.8. The van der Waals surface area contributed by atoms with Crippen LogP contribution in [0.15, 0.2) is 36.5 Å². The number of methoxy groups -OCH3 is 1. The Bertz CT molecular complexity index is 951. The van der Waals surface area contributed by atoms with E-state index in [0.29, 0.717) is 44.9 Å². The van der Waals surface area contributed by atoms with E-state index < -0.39 is 5.82 Å². The number of anilines is 1. The highest BCUT2D eigenvalue weighted by Crippen LogP contribution is 2.24. The van der Waals surface area contributed by atoms with Crippen LogP contribution in [0.2, 0.25) is 0 Å². The van der Waals surface area contributed by atoms with Gasteiger partial charge in [0.2, 0.25) is 11.8 Å². The third-order valence-electron chi connectivity index (χ3n) is 5.44. The second-order valence-corrected chi connectivity index (χ2v) is 7.39. The van der Waals surface area contributed by atoms with Gasteiger partial charge in [-0.25, -0.2) is 14.2 Å². The number of amides is 3. The van der Waals surface area contributed by atoms with Gasteiger partial charge in [0, 0.05) is 51.3 Å². The van der Waals surface area contributed by atoms with E-state index in [0.717, 1.165) is 0 Å². The first-order valence-corrected chi connectivity index (χ1v) is 10.2. The van der Waals surface area contributed by atoms with E-state index in [1.807, 2.05) is 0 Å². The van der Waals surface area contributed by atoms with Crippen LogP contribution in [0.4, 0.5) is 14.9 Å². The van der Waals surface area contributed by atoms with Gasteiger partial charge in [-0.1, -0.05) is 12.1 Å². The summed E-state index contributed by atoms with van der Waals surface area (Å²) < 4.78 is 24.9. The lowest BCUT2D eigenvalue weighted by Crippen LogP contribution is -2.47. The lowest BCUT2D eigenvalue weighted by atomic mass is 10.1. The number of ether oxygens (including phenoxy) is 2. The van der Waals surface area contributed by atoms with Gasteiger partial charge in [0.15, 0.2) is 0 Å². The maximum Gasteiger partial charge on any atom is 0.325 e. The van der Waals surface area contributed by atoms with E-state index in [9.17, 15) is 14.0 Å². The Morgan fingerprint density at radius 2 is 1.94 bits per heavy atom. The smallest absolute Gasteiger partial charge is 0.325 e. The molecule has 2 aromatic rings. The number of likely N-dealkylation sites (tertiary alicyclic amines) is 1. The summed E-state index contributed by atoms with van der Waals surface area (Å²) in [6.07, 6.45) is 2.83. The molecule has 3 amide bonds. The highest BCUT2D eigenvalue weighted by Gasteiger charge is 2.34. The maximum atomic E-state index is 14.0. The fourth-order valence-corrected chi connectivity index (χ4v) is 3.77. The van der Waals surface area contributed by atoms with Crippen molar-refractivity contribution in [2.75, 3.05) is 44.7 Å². The van der Waals surface area contributed by atoms with Crippen LogP contribution in [0.5, 0.6) is 11.9 Å². The Morgan fingerprint density at radius 3 is 2.68 bits per heavy atom. The zero-order valence-corrected chi connectivity index (χ0v) is 17.2. The van der Waals surface area contributed by atoms with Crippen molar-refractivity contribution in [2.24, 2.45) is 0 Å². The summed E-state index contributed by atoms with van der Waals surface area (Å²) in [5.41, 5.74) is 0.238. The number of hydrogen-bond acceptors (Lipinski definition) is 6. The maximum absolute atomic E-state index is 14.0. The largest absolute Gasteiger partial charge is 0.474 e. The SMILES string of the molecule is COc1nccc(OC2CCN(C(=O)CN3CCN(c4ccccc4F)C3=O)CC2)n1. The number of carbonyl (C=O) groups excluding carboxylic acids is 2. The second-order valence-electron chi connectivity index (χ2n) is 7.39. The number of benzene rings is 1. The number of hydrogen-bond donors (Lipinski definition) is 0. The van der Waals surface area contributed by atoms with Crippen molar-refractivity contribution in [1.82, 2.24) is 19.8 Å². The van der Waals surface area contributed by atoms with Gasteiger partial charge in [0.05, 0.1) is 12.8 Å². The average molecular weight is 429 g/mol. The summed E-state index contributed by atoms with van der Waals surface area (Å²) in [4.78, 5) is 38.0. The molecule has 0 atom stereocenters. The van der Waals surface area contributed by atoms with Crippen molar-refractivity contribution in [3.63, 3.8) is 0 Å². The van der Waals surface area contributed by atoms with Gasteiger partial charge >= 0.3 is 12.0 Å². The number of urea groups is 1. The fourth-order valence-electron chi connectivity index (χ4n) is 3.77. The molecule has 31 heavy (non-hydrogen) atoms. The summed E-state index contributed by atoms with van der Waals surface area (Å²) in [6.45, 7) is 1.79. The molecule has 0 radical (unpaired) electrons. The van der Waals surface area contributed by atoms with Crippen molar-refractivity contribution < 1.29 is 23.5 Å². The third kappa shape index (κ3) is 4.68. The van der Waals surface area contributed by atoms with Crippen molar-refractivity contribution in [1.29, 1.82) is 0 Å². The Labute approximate surface area is 179 Å². The Hall–Kier alpha value is -3.43. The summed E-state index contributed by atoms with van der Waals surface area (Å²) in [6, 6.07) is 7.70. The third-order valence-corrected chi connectivity index (χ3v) is 5.44. The molecule has 9 nitrogen and oxygen atoms in total. The van der Waals surface area contributed by atoms with Crippen LogP contribution in [0.1, 0.15) is 12.8 Å². The van der Waals surface area contributed by atoms with E-state index in [-0.39, 0.29) is 36.3 Å². The summed E-state index contributed by atoms with van der Waals surface area (Å²) in [5, 5.41) is 0. The number of rotatable bonds is 6. The predicted octanol–water partition coefficient (Wildman–Crippen LogP) is 1.94. The van der Waals surface area contributed by atoms with Crippen LogP contribution >= 0.6 is 0 Å². The Balaban J connectivity index is 1.27. The van der Waals surface area contributed by atoms with Gasteiger partial charge in [-0.15, -0.1) is 0 Å². The van der Waals surface area contributed by atoms with Crippen LogP contribution < -0.4 is 14.4 Å². The zero-order valence-electron chi connectivity index (χ0n) is 17.2. The minimum atomic E-state index is -0.451. The van der Waals surface area contributed by atoms with Crippen molar-refractivity contribution in [3.05, 3.63) is 42.3 Å². The van der Waals surface area contributed by atoms with Gasteiger partial charge in [-0.3, -0.25) is 9.69 Å². The van der Waals surface area contributed by atoms with E-state index in [1.54, 1.807) is 35.4 Å². The number of piperidine rings is 1. The molecule has 1 aromatic heterocycles. The first-order chi connectivity index (χ1) is 15.0. The highest BCUT2D eigenvalue weighted by atomic mass is 19.1. The molecule has 0 unspecified atom stereocenters. The summed E-state index contributed by atoms with van der Waals surface area (Å²) in [5.74, 6) is -0.133. The molecule has 0 spiro atoms. The topological polar surface area (TPSA) is 88.1 Å². The van der Waals surface area contributed by atoms with Crippen LogP contribution in [-0.2, 0) is 4.79 Å². The second kappa shape index (κ2) is 9.15.